The van der Waals surface area contributed by atoms with E-state index in [0.717, 1.165) is 0 Å². The number of hydrogen-bond acceptors (Lipinski definition) is 0. The second-order valence-electron chi connectivity index (χ2n) is 6.41. The van der Waals surface area contributed by atoms with Crippen LogP contribution in [0.1, 0.15) is 96.3 Å². The molecule has 0 amide bonds. The van der Waals surface area contributed by atoms with Crippen LogP contribution in [0.25, 0.3) is 0 Å². The van der Waals surface area contributed by atoms with Gasteiger partial charge in [0.25, 0.3) is 0 Å². The number of rotatable bonds is 0. The lowest BCUT2D eigenvalue weighted by Gasteiger charge is -2.02. The summed E-state index contributed by atoms with van der Waals surface area (Å²) in [5.41, 5.74) is 0. The van der Waals surface area contributed by atoms with Crippen molar-refractivity contribution in [2.45, 2.75) is 96.3 Å². The van der Waals surface area contributed by atoms with Crippen molar-refractivity contribution in [2.75, 3.05) is 0 Å². The predicted molar refractivity (Wildman–Crippen MR) is 96.7 cm³/mol. The van der Waals surface area contributed by atoms with Crippen LogP contribution >= 0.6 is 0 Å². The lowest BCUT2D eigenvalue weighted by atomic mass is 10.0. The second kappa shape index (κ2) is 15.6. The van der Waals surface area contributed by atoms with Gasteiger partial charge >= 0.3 is 0 Å². The van der Waals surface area contributed by atoms with E-state index in [4.69, 9.17) is 0 Å². The summed E-state index contributed by atoms with van der Waals surface area (Å²) >= 11 is 0. The molecule has 120 valence electrons. The molecule has 0 saturated heterocycles. The van der Waals surface area contributed by atoms with Crippen LogP contribution in [-0.2, 0) is 0 Å². The van der Waals surface area contributed by atoms with Crippen LogP contribution in [0.3, 0.4) is 0 Å². The second-order valence-corrected chi connectivity index (χ2v) is 6.41. The molecule has 0 unspecified atom stereocenters. The highest BCUT2D eigenvalue weighted by molar-refractivity contribution is 5.10. The number of allylic oxidation sites excluding steroid dienone is 6. The van der Waals surface area contributed by atoms with E-state index in [9.17, 15) is 0 Å². The molecule has 1 aliphatic rings. The first-order chi connectivity index (χ1) is 10.5. The molecule has 0 radical (unpaired) electrons. The summed E-state index contributed by atoms with van der Waals surface area (Å²) in [5, 5.41) is 0. The molecule has 0 aliphatic heterocycles. The van der Waals surface area contributed by atoms with Gasteiger partial charge in [-0.25, -0.2) is 0 Å². The maximum absolute atomic E-state index is 2.31. The fraction of sp³-hybridized carbons (Fsp3) is 0.714. The van der Waals surface area contributed by atoms with E-state index in [2.05, 4.69) is 36.5 Å². The third-order valence-electron chi connectivity index (χ3n) is 4.35. The van der Waals surface area contributed by atoms with Crippen molar-refractivity contribution in [3.05, 3.63) is 36.5 Å². The maximum Gasteiger partial charge on any atom is -0.0348 e. The standard InChI is InChI=1S/C21H36/c1-2-4-6-8-10-12-14-16-18-20-21-19-17-15-13-11-9-7-5-3-1/h1-6H,7-21H2/b2-1+,5-3-,6-4?. The molecule has 0 heteroatoms. The van der Waals surface area contributed by atoms with Gasteiger partial charge in [0.1, 0.15) is 0 Å². The first kappa shape index (κ1) is 18.3. The minimum absolute atomic E-state index is 1.24. The summed E-state index contributed by atoms with van der Waals surface area (Å²) in [7, 11) is 0. The van der Waals surface area contributed by atoms with Crippen molar-refractivity contribution < 1.29 is 0 Å². The van der Waals surface area contributed by atoms with Gasteiger partial charge in [-0.3, -0.25) is 0 Å². The van der Waals surface area contributed by atoms with Gasteiger partial charge in [0.2, 0.25) is 0 Å². The van der Waals surface area contributed by atoms with E-state index >= 15 is 0 Å². The molecule has 0 heterocycles. The highest BCUT2D eigenvalue weighted by atomic mass is 14.0. The molecular formula is C21H36. The van der Waals surface area contributed by atoms with E-state index in [1.807, 2.05) is 0 Å². The molecule has 21 heavy (non-hydrogen) atoms. The summed E-state index contributed by atoms with van der Waals surface area (Å²) in [6, 6.07) is 0. The van der Waals surface area contributed by atoms with E-state index in [1.165, 1.54) is 96.3 Å². The fourth-order valence-electron chi connectivity index (χ4n) is 2.95. The third kappa shape index (κ3) is 13.9. The SMILES string of the molecule is C1=CCCCCCCCCCCCCCCC/C=C\C=C\1. The highest BCUT2D eigenvalue weighted by Crippen LogP contribution is 2.13. The van der Waals surface area contributed by atoms with Crippen molar-refractivity contribution in [2.24, 2.45) is 0 Å². The fourth-order valence-corrected chi connectivity index (χ4v) is 2.95. The molecule has 1 rings (SSSR count). The van der Waals surface area contributed by atoms with Gasteiger partial charge in [0.15, 0.2) is 0 Å². The average molecular weight is 289 g/mol. The summed E-state index contributed by atoms with van der Waals surface area (Å²) in [6.45, 7) is 0. The van der Waals surface area contributed by atoms with Gasteiger partial charge in [0.05, 0.1) is 0 Å². The molecular weight excluding hydrogens is 252 g/mol. The minimum atomic E-state index is 1.24. The van der Waals surface area contributed by atoms with Gasteiger partial charge < -0.3 is 0 Å². The number of hydrogen-bond donors (Lipinski definition) is 0. The van der Waals surface area contributed by atoms with Crippen molar-refractivity contribution in [1.29, 1.82) is 0 Å². The molecule has 0 N–H and O–H groups in total. The van der Waals surface area contributed by atoms with Crippen molar-refractivity contribution in [3.63, 3.8) is 0 Å². The van der Waals surface area contributed by atoms with Gasteiger partial charge in [0, 0.05) is 0 Å². The Labute approximate surface area is 133 Å². The molecule has 0 aromatic carbocycles. The molecule has 0 atom stereocenters. The predicted octanol–water partition coefficient (Wildman–Crippen LogP) is 7.52. The zero-order valence-corrected chi connectivity index (χ0v) is 14.1. The van der Waals surface area contributed by atoms with Gasteiger partial charge in [-0.2, -0.15) is 0 Å². The first-order valence-corrected chi connectivity index (χ1v) is 9.48. The molecule has 0 fully saturated rings. The molecule has 0 bridgehead atoms. The molecule has 1 aliphatic carbocycles. The first-order valence-electron chi connectivity index (χ1n) is 9.48. The van der Waals surface area contributed by atoms with Crippen molar-refractivity contribution in [3.8, 4) is 0 Å². The quantitative estimate of drug-likeness (QED) is 0.432. The largest absolute Gasteiger partial charge is 0.0845 e. The molecule has 0 saturated carbocycles. The van der Waals surface area contributed by atoms with Crippen LogP contribution in [-0.4, -0.2) is 0 Å². The zero-order chi connectivity index (χ0) is 14.8. The Morgan fingerprint density at radius 3 is 0.905 bits per heavy atom. The summed E-state index contributed by atoms with van der Waals surface area (Å²) in [4.78, 5) is 0. The maximum atomic E-state index is 2.31. The summed E-state index contributed by atoms with van der Waals surface area (Å²) < 4.78 is 0. The van der Waals surface area contributed by atoms with E-state index in [-0.39, 0.29) is 0 Å². The van der Waals surface area contributed by atoms with Crippen LogP contribution in [0.4, 0.5) is 0 Å². The Hall–Kier alpha value is -0.780. The Kier molecular flexibility index (Phi) is 13.6. The van der Waals surface area contributed by atoms with Gasteiger partial charge in [-0.15, -0.1) is 0 Å². The average Bonchev–Trinajstić information content (AvgIpc) is 2.50. The monoisotopic (exact) mass is 288 g/mol. The van der Waals surface area contributed by atoms with E-state index in [0.29, 0.717) is 0 Å². The topological polar surface area (TPSA) is 0 Å². The van der Waals surface area contributed by atoms with Crippen LogP contribution in [0.15, 0.2) is 36.5 Å². The zero-order valence-electron chi connectivity index (χ0n) is 14.1. The lowest BCUT2D eigenvalue weighted by Crippen LogP contribution is -1.83. The Balaban J connectivity index is 2.17. The summed E-state index contributed by atoms with van der Waals surface area (Å²) in [6.07, 6.45) is 34.5. The van der Waals surface area contributed by atoms with E-state index < -0.39 is 0 Å². The minimum Gasteiger partial charge on any atom is -0.0845 e. The lowest BCUT2D eigenvalue weighted by molar-refractivity contribution is 0.538. The van der Waals surface area contributed by atoms with Crippen LogP contribution in [0.2, 0.25) is 0 Å². The normalized spacial score (nSPS) is 24.8. The smallest absolute Gasteiger partial charge is 0.0348 e. The van der Waals surface area contributed by atoms with Crippen LogP contribution in [0, 0.1) is 0 Å². The van der Waals surface area contributed by atoms with Crippen LogP contribution < -0.4 is 0 Å². The van der Waals surface area contributed by atoms with Crippen molar-refractivity contribution in [1.82, 2.24) is 0 Å². The van der Waals surface area contributed by atoms with Crippen molar-refractivity contribution >= 4 is 0 Å². The van der Waals surface area contributed by atoms with Gasteiger partial charge in [-0.1, -0.05) is 107 Å². The van der Waals surface area contributed by atoms with Gasteiger partial charge in [-0.05, 0) is 25.7 Å². The molecule has 0 aromatic heterocycles. The Bertz CT molecular complexity index is 254. The highest BCUT2D eigenvalue weighted by Gasteiger charge is 1.93. The Morgan fingerprint density at radius 1 is 0.286 bits per heavy atom. The molecule has 0 nitrogen and oxygen atoms in total. The Morgan fingerprint density at radius 2 is 0.571 bits per heavy atom. The summed E-state index contributed by atoms with van der Waals surface area (Å²) in [5.74, 6) is 0. The molecule has 0 aromatic rings. The molecule has 0 spiro atoms. The van der Waals surface area contributed by atoms with E-state index in [1.54, 1.807) is 0 Å². The third-order valence-corrected chi connectivity index (χ3v) is 4.35. The van der Waals surface area contributed by atoms with Crippen LogP contribution in [0.5, 0.6) is 0 Å².